The third kappa shape index (κ3) is 6.16. The number of rotatable bonds is 7. The molecule has 0 N–H and O–H groups in total. The molecule has 6 heteroatoms. The second kappa shape index (κ2) is 14.3. The van der Waals surface area contributed by atoms with Crippen LogP contribution in [0.1, 0.15) is 22.9 Å². The highest BCUT2D eigenvalue weighted by atomic mass is 32.1. The van der Waals surface area contributed by atoms with Crippen LogP contribution in [0.2, 0.25) is 0 Å². The fraction of sp³-hybridized carbons (Fsp3) is 0.0400. The number of thiophene rings is 1. The Bertz CT molecular complexity index is 2850. The Balaban J connectivity index is 1.09. The predicted octanol–water partition coefficient (Wildman–Crippen LogP) is 12.4. The summed E-state index contributed by atoms with van der Waals surface area (Å²) in [6.07, 6.45) is -0.244. The predicted molar refractivity (Wildman–Crippen MR) is 233 cm³/mol. The van der Waals surface area contributed by atoms with Crippen molar-refractivity contribution in [2.75, 3.05) is 7.05 Å². The second-order valence-corrected chi connectivity index (χ2v) is 14.9. The molecule has 3 heterocycles. The van der Waals surface area contributed by atoms with Gasteiger partial charge in [0.05, 0.1) is 11.4 Å². The van der Waals surface area contributed by atoms with Gasteiger partial charge >= 0.3 is 0 Å². The largest absolute Gasteiger partial charge is 0.333 e. The molecule has 5 nitrogen and oxygen atoms in total. The van der Waals surface area contributed by atoms with E-state index in [0.29, 0.717) is 5.82 Å². The van der Waals surface area contributed by atoms with Gasteiger partial charge in [0, 0.05) is 55.0 Å². The van der Waals surface area contributed by atoms with Crippen molar-refractivity contribution in [2.45, 2.75) is 6.17 Å². The maximum atomic E-state index is 5.22. The lowest BCUT2D eigenvalue weighted by Crippen LogP contribution is -2.35. The summed E-state index contributed by atoms with van der Waals surface area (Å²) in [5.74, 6) is 2.34. The molecule has 0 spiro atoms. The molecule has 0 saturated carbocycles. The summed E-state index contributed by atoms with van der Waals surface area (Å²) < 4.78 is 2.45. The first kappa shape index (κ1) is 33.5. The summed E-state index contributed by atoms with van der Waals surface area (Å²) in [5, 5.41) is 2.47. The standard InChI is InChI=1S/C50H35N5S/c1-55-49(37-22-12-5-13-23-37)53-48(36-20-10-4-11-21-36)54-50(55)38-28-26-33(27-29-38)39-30-31-40(46-45(39)41-24-14-15-25-44(41)56-46)43-32-42(34-16-6-2-7-17-34)51-47(52-43)35-18-8-3-9-19-35/h2-32,50H,1H3. The zero-order valence-corrected chi connectivity index (χ0v) is 31.4. The molecule has 0 bridgehead atoms. The number of nitrogens with zero attached hydrogens (tertiary/aromatic N) is 5. The smallest absolute Gasteiger partial charge is 0.160 e. The average Bonchev–Trinajstić information content (AvgIpc) is 3.67. The van der Waals surface area contributed by atoms with Crippen molar-refractivity contribution in [1.29, 1.82) is 0 Å². The third-order valence-electron chi connectivity index (χ3n) is 10.4. The summed E-state index contributed by atoms with van der Waals surface area (Å²) in [7, 11) is 2.08. The normalized spacial score (nSPS) is 14.2. The van der Waals surface area contributed by atoms with Crippen LogP contribution in [-0.4, -0.2) is 33.6 Å². The van der Waals surface area contributed by atoms with Crippen molar-refractivity contribution < 1.29 is 0 Å². The number of hydrogen-bond donors (Lipinski definition) is 0. The van der Waals surface area contributed by atoms with E-state index in [1.807, 2.05) is 59.9 Å². The van der Waals surface area contributed by atoms with Crippen molar-refractivity contribution in [2.24, 2.45) is 9.98 Å². The van der Waals surface area contributed by atoms with Gasteiger partial charge in [-0.05, 0) is 28.8 Å². The molecule has 10 rings (SSSR count). The minimum absolute atomic E-state index is 0.244. The van der Waals surface area contributed by atoms with Crippen LogP contribution in [0.3, 0.4) is 0 Å². The van der Waals surface area contributed by atoms with Crippen molar-refractivity contribution in [1.82, 2.24) is 14.9 Å². The van der Waals surface area contributed by atoms with Crippen LogP contribution < -0.4 is 0 Å². The maximum absolute atomic E-state index is 5.22. The molecule has 0 saturated heterocycles. The molecule has 266 valence electrons. The van der Waals surface area contributed by atoms with Crippen molar-refractivity contribution >= 4 is 43.2 Å². The zero-order chi connectivity index (χ0) is 37.4. The van der Waals surface area contributed by atoms with Gasteiger partial charge in [0.1, 0.15) is 12.0 Å². The van der Waals surface area contributed by atoms with E-state index in [1.165, 1.54) is 25.7 Å². The van der Waals surface area contributed by atoms with Crippen LogP contribution >= 0.6 is 11.3 Å². The Kier molecular flexibility index (Phi) is 8.58. The van der Waals surface area contributed by atoms with Crippen LogP contribution in [0.25, 0.3) is 65.2 Å². The molecule has 2 aromatic heterocycles. The Labute approximate surface area is 329 Å². The van der Waals surface area contributed by atoms with E-state index in [1.54, 1.807) is 0 Å². The number of aliphatic imine (C=N–C) groups is 2. The number of hydrogen-bond acceptors (Lipinski definition) is 6. The third-order valence-corrected chi connectivity index (χ3v) is 11.6. The fourth-order valence-corrected chi connectivity index (χ4v) is 8.82. The number of amidine groups is 2. The molecule has 1 unspecified atom stereocenters. The molecule has 0 aliphatic carbocycles. The summed E-state index contributed by atoms with van der Waals surface area (Å²) in [6, 6.07) is 65.4. The van der Waals surface area contributed by atoms with Gasteiger partial charge < -0.3 is 4.90 Å². The van der Waals surface area contributed by atoms with Gasteiger partial charge in [0.2, 0.25) is 0 Å². The molecule has 1 aliphatic rings. The van der Waals surface area contributed by atoms with Gasteiger partial charge in [-0.1, -0.05) is 176 Å². The van der Waals surface area contributed by atoms with Crippen molar-refractivity contribution in [3.63, 3.8) is 0 Å². The lowest BCUT2D eigenvalue weighted by atomic mass is 9.95. The van der Waals surface area contributed by atoms with E-state index in [9.17, 15) is 0 Å². The van der Waals surface area contributed by atoms with Crippen LogP contribution in [0.5, 0.6) is 0 Å². The van der Waals surface area contributed by atoms with Crippen LogP contribution in [0.15, 0.2) is 198 Å². The Morgan fingerprint density at radius 3 is 1.77 bits per heavy atom. The fourth-order valence-electron chi connectivity index (χ4n) is 7.57. The molecule has 1 aliphatic heterocycles. The van der Waals surface area contributed by atoms with E-state index < -0.39 is 0 Å². The first-order valence-electron chi connectivity index (χ1n) is 18.7. The molecular weight excluding hydrogens is 703 g/mol. The van der Waals surface area contributed by atoms with Gasteiger partial charge in [0.25, 0.3) is 0 Å². The monoisotopic (exact) mass is 737 g/mol. The molecular formula is C50H35N5S. The highest BCUT2D eigenvalue weighted by molar-refractivity contribution is 7.26. The topological polar surface area (TPSA) is 53.7 Å². The van der Waals surface area contributed by atoms with E-state index in [2.05, 4.69) is 151 Å². The number of fused-ring (bicyclic) bond motifs is 3. The Morgan fingerprint density at radius 2 is 1.07 bits per heavy atom. The van der Waals surface area contributed by atoms with E-state index in [0.717, 1.165) is 62.0 Å². The van der Waals surface area contributed by atoms with Crippen LogP contribution in [0.4, 0.5) is 0 Å². The zero-order valence-electron chi connectivity index (χ0n) is 30.6. The molecule has 7 aromatic carbocycles. The van der Waals surface area contributed by atoms with Crippen molar-refractivity contribution in [3.8, 4) is 45.0 Å². The minimum Gasteiger partial charge on any atom is -0.333 e. The lowest BCUT2D eigenvalue weighted by molar-refractivity contribution is 0.383. The first-order chi connectivity index (χ1) is 27.7. The van der Waals surface area contributed by atoms with Gasteiger partial charge in [-0.2, -0.15) is 0 Å². The second-order valence-electron chi connectivity index (χ2n) is 13.9. The Hall–Kier alpha value is -7.02. The Morgan fingerprint density at radius 1 is 0.500 bits per heavy atom. The highest BCUT2D eigenvalue weighted by Crippen LogP contribution is 2.45. The minimum atomic E-state index is -0.244. The van der Waals surface area contributed by atoms with Gasteiger partial charge in [-0.25, -0.2) is 20.0 Å². The number of benzene rings is 7. The summed E-state index contributed by atoms with van der Waals surface area (Å²) in [6.45, 7) is 0. The summed E-state index contributed by atoms with van der Waals surface area (Å²) in [4.78, 5) is 22.7. The molecule has 0 amide bonds. The van der Waals surface area contributed by atoms with Gasteiger partial charge in [-0.15, -0.1) is 11.3 Å². The van der Waals surface area contributed by atoms with Crippen molar-refractivity contribution in [3.05, 3.63) is 205 Å². The maximum Gasteiger partial charge on any atom is 0.160 e. The molecule has 0 fully saturated rings. The molecule has 56 heavy (non-hydrogen) atoms. The number of aromatic nitrogens is 2. The summed E-state index contributed by atoms with van der Waals surface area (Å²) >= 11 is 1.82. The molecule has 9 aromatic rings. The highest BCUT2D eigenvalue weighted by Gasteiger charge is 2.27. The van der Waals surface area contributed by atoms with E-state index >= 15 is 0 Å². The SMILES string of the molecule is CN1C(c2ccccc2)=NC(c2ccccc2)=NC1c1ccc(-c2ccc(-c3cc(-c4ccccc4)nc(-c4ccccc4)n3)c3sc4ccccc4c23)cc1. The van der Waals surface area contributed by atoms with Gasteiger partial charge in [0.15, 0.2) is 11.7 Å². The lowest BCUT2D eigenvalue weighted by Gasteiger charge is -2.32. The average molecular weight is 738 g/mol. The van der Waals surface area contributed by atoms with Gasteiger partial charge in [-0.3, -0.25) is 0 Å². The quantitative estimate of drug-likeness (QED) is 0.164. The molecule has 0 radical (unpaired) electrons. The van der Waals surface area contributed by atoms with E-state index in [4.69, 9.17) is 20.0 Å². The summed E-state index contributed by atoms with van der Waals surface area (Å²) in [5.41, 5.74) is 10.4. The van der Waals surface area contributed by atoms with Crippen LogP contribution in [-0.2, 0) is 0 Å². The molecule has 1 atom stereocenters. The van der Waals surface area contributed by atoms with E-state index in [-0.39, 0.29) is 6.17 Å². The first-order valence-corrected chi connectivity index (χ1v) is 19.5. The van der Waals surface area contributed by atoms with Crippen LogP contribution in [0, 0.1) is 0 Å².